The zero-order valence-electron chi connectivity index (χ0n) is 13.9. The number of hydrogen-bond donors (Lipinski definition) is 2. The first-order chi connectivity index (χ1) is 11.2. The average molecular weight is 352 g/mol. The fraction of sp³-hybridized carbons (Fsp3) is 0.556. The van der Waals surface area contributed by atoms with Crippen molar-refractivity contribution in [2.24, 2.45) is 5.92 Å². The number of fused-ring (bicyclic) bond motifs is 1. The molecular formula is C18H26ClN3O2. The second kappa shape index (κ2) is 8.38. The van der Waals surface area contributed by atoms with Crippen molar-refractivity contribution in [3.63, 3.8) is 0 Å². The van der Waals surface area contributed by atoms with Crippen molar-refractivity contribution in [3.8, 4) is 0 Å². The number of nitrogens with zero attached hydrogens (tertiary/aromatic N) is 1. The van der Waals surface area contributed by atoms with Crippen LogP contribution in [0.2, 0.25) is 0 Å². The second-order valence-corrected chi connectivity index (χ2v) is 6.55. The van der Waals surface area contributed by atoms with Gasteiger partial charge in [-0.3, -0.25) is 9.59 Å². The summed E-state index contributed by atoms with van der Waals surface area (Å²) in [5.74, 6) is 0.0596. The van der Waals surface area contributed by atoms with E-state index in [4.69, 9.17) is 5.73 Å². The summed E-state index contributed by atoms with van der Waals surface area (Å²) in [7, 11) is 0. The first kappa shape index (κ1) is 18.6. The van der Waals surface area contributed by atoms with E-state index in [1.807, 2.05) is 18.2 Å². The summed E-state index contributed by atoms with van der Waals surface area (Å²) < 4.78 is 0. The third kappa shape index (κ3) is 4.01. The topological polar surface area (TPSA) is 75.4 Å². The lowest BCUT2D eigenvalue weighted by Gasteiger charge is -2.30. The Balaban J connectivity index is 0.00000208. The highest BCUT2D eigenvalue weighted by Crippen LogP contribution is 2.31. The standard InChI is InChI=1S/C18H25N3O2.ClH/c19-15-9-4-10-16-14(15)8-5-11-21(16)17(22)12-20-18(23)13-6-2-1-3-7-13;/h4,9-10,13H,1-3,5-8,11-12,19H2,(H,20,23);1H. The Kier molecular flexibility index (Phi) is 6.49. The molecule has 1 aliphatic heterocycles. The molecule has 0 saturated heterocycles. The minimum atomic E-state index is -0.0549. The molecule has 6 heteroatoms. The molecule has 1 fully saturated rings. The SMILES string of the molecule is Cl.Nc1cccc2c1CCCN2C(=O)CNC(=O)C1CCCCC1. The lowest BCUT2D eigenvalue weighted by Crippen LogP contribution is -2.44. The van der Waals surface area contributed by atoms with Gasteiger partial charge in [0.25, 0.3) is 0 Å². The van der Waals surface area contributed by atoms with Crippen molar-refractivity contribution in [1.82, 2.24) is 5.32 Å². The molecule has 1 aromatic rings. The van der Waals surface area contributed by atoms with Gasteiger partial charge in [0, 0.05) is 23.8 Å². The van der Waals surface area contributed by atoms with Gasteiger partial charge in [0.2, 0.25) is 11.8 Å². The molecule has 0 atom stereocenters. The van der Waals surface area contributed by atoms with Crippen molar-refractivity contribution in [3.05, 3.63) is 23.8 Å². The summed E-state index contributed by atoms with van der Waals surface area (Å²) in [4.78, 5) is 26.5. The quantitative estimate of drug-likeness (QED) is 0.822. The predicted molar refractivity (Wildman–Crippen MR) is 98.4 cm³/mol. The van der Waals surface area contributed by atoms with Crippen LogP contribution in [0.1, 0.15) is 44.1 Å². The van der Waals surface area contributed by atoms with Crippen LogP contribution in [0.4, 0.5) is 11.4 Å². The predicted octanol–water partition coefficient (Wildman–Crippen LogP) is 2.67. The molecule has 2 aliphatic rings. The lowest BCUT2D eigenvalue weighted by molar-refractivity contribution is -0.128. The number of anilines is 2. The number of rotatable bonds is 3. The number of carbonyl (C=O) groups is 2. The maximum absolute atomic E-state index is 12.5. The van der Waals surface area contributed by atoms with E-state index >= 15 is 0 Å². The summed E-state index contributed by atoms with van der Waals surface area (Å²) in [5, 5.41) is 2.83. The highest BCUT2D eigenvalue weighted by molar-refractivity contribution is 5.98. The zero-order valence-corrected chi connectivity index (χ0v) is 14.7. The summed E-state index contributed by atoms with van der Waals surface area (Å²) in [5.41, 5.74) is 8.70. The monoisotopic (exact) mass is 351 g/mol. The largest absolute Gasteiger partial charge is 0.398 e. The van der Waals surface area contributed by atoms with E-state index in [9.17, 15) is 9.59 Å². The molecule has 1 aliphatic carbocycles. The Labute approximate surface area is 149 Å². The summed E-state index contributed by atoms with van der Waals surface area (Å²) in [6, 6.07) is 5.68. The van der Waals surface area contributed by atoms with Gasteiger partial charge in [-0.1, -0.05) is 25.3 Å². The van der Waals surface area contributed by atoms with Crippen LogP contribution in [0.15, 0.2) is 18.2 Å². The molecular weight excluding hydrogens is 326 g/mol. The van der Waals surface area contributed by atoms with Gasteiger partial charge in [-0.2, -0.15) is 0 Å². The Morgan fingerprint density at radius 2 is 1.92 bits per heavy atom. The van der Waals surface area contributed by atoms with Crippen molar-refractivity contribution in [2.45, 2.75) is 44.9 Å². The molecule has 5 nitrogen and oxygen atoms in total. The van der Waals surface area contributed by atoms with E-state index in [0.29, 0.717) is 6.54 Å². The molecule has 24 heavy (non-hydrogen) atoms. The van der Waals surface area contributed by atoms with Gasteiger partial charge in [0.15, 0.2) is 0 Å². The molecule has 132 valence electrons. The van der Waals surface area contributed by atoms with Gasteiger partial charge in [-0.25, -0.2) is 0 Å². The lowest BCUT2D eigenvalue weighted by atomic mass is 9.89. The third-order valence-corrected chi connectivity index (χ3v) is 4.98. The Morgan fingerprint density at radius 1 is 1.17 bits per heavy atom. The van der Waals surface area contributed by atoms with Gasteiger partial charge in [0.1, 0.15) is 0 Å². The van der Waals surface area contributed by atoms with Crippen molar-refractivity contribution < 1.29 is 9.59 Å². The fourth-order valence-corrected chi connectivity index (χ4v) is 3.68. The minimum Gasteiger partial charge on any atom is -0.398 e. The van der Waals surface area contributed by atoms with Crippen molar-refractivity contribution in [1.29, 1.82) is 0 Å². The van der Waals surface area contributed by atoms with Crippen LogP contribution in [0.5, 0.6) is 0 Å². The number of nitrogens with two attached hydrogens (primary N) is 1. The Hall–Kier alpha value is -1.75. The summed E-state index contributed by atoms with van der Waals surface area (Å²) in [6.07, 6.45) is 7.15. The Bertz CT molecular complexity index is 600. The van der Waals surface area contributed by atoms with Crippen LogP contribution in [-0.4, -0.2) is 24.9 Å². The van der Waals surface area contributed by atoms with E-state index in [1.165, 1.54) is 6.42 Å². The van der Waals surface area contributed by atoms with Gasteiger partial charge >= 0.3 is 0 Å². The van der Waals surface area contributed by atoms with Crippen molar-refractivity contribution in [2.75, 3.05) is 23.7 Å². The van der Waals surface area contributed by atoms with E-state index in [1.54, 1.807) is 4.90 Å². The third-order valence-electron chi connectivity index (χ3n) is 4.98. The van der Waals surface area contributed by atoms with Crippen LogP contribution in [-0.2, 0) is 16.0 Å². The van der Waals surface area contributed by atoms with E-state index in [-0.39, 0.29) is 36.7 Å². The highest BCUT2D eigenvalue weighted by atomic mass is 35.5. The molecule has 2 amide bonds. The maximum Gasteiger partial charge on any atom is 0.246 e. The van der Waals surface area contributed by atoms with E-state index in [2.05, 4.69) is 5.32 Å². The molecule has 0 unspecified atom stereocenters. The van der Waals surface area contributed by atoms with Crippen LogP contribution in [0, 0.1) is 5.92 Å². The number of benzene rings is 1. The minimum absolute atomic E-state index is 0. The van der Waals surface area contributed by atoms with Crippen LogP contribution in [0.25, 0.3) is 0 Å². The summed E-state index contributed by atoms with van der Waals surface area (Å²) >= 11 is 0. The normalized spacial score (nSPS) is 17.6. The maximum atomic E-state index is 12.5. The molecule has 0 radical (unpaired) electrons. The highest BCUT2D eigenvalue weighted by Gasteiger charge is 2.25. The molecule has 1 aromatic carbocycles. The molecule has 3 rings (SSSR count). The summed E-state index contributed by atoms with van der Waals surface area (Å²) in [6.45, 7) is 0.762. The van der Waals surface area contributed by atoms with Gasteiger partial charge in [-0.15, -0.1) is 12.4 Å². The number of hydrogen-bond acceptors (Lipinski definition) is 3. The second-order valence-electron chi connectivity index (χ2n) is 6.55. The van der Waals surface area contributed by atoms with Crippen LogP contribution >= 0.6 is 12.4 Å². The number of carbonyl (C=O) groups excluding carboxylic acids is 2. The first-order valence-corrected chi connectivity index (χ1v) is 8.62. The average Bonchev–Trinajstić information content (AvgIpc) is 2.60. The molecule has 3 N–H and O–H groups in total. The number of amides is 2. The molecule has 1 saturated carbocycles. The molecule has 0 aromatic heterocycles. The van der Waals surface area contributed by atoms with Crippen LogP contribution in [0.3, 0.4) is 0 Å². The molecule has 0 spiro atoms. The number of nitrogen functional groups attached to an aromatic ring is 1. The smallest absolute Gasteiger partial charge is 0.246 e. The van der Waals surface area contributed by atoms with Gasteiger partial charge in [0.05, 0.1) is 6.54 Å². The van der Waals surface area contributed by atoms with E-state index in [0.717, 1.165) is 55.5 Å². The fourth-order valence-electron chi connectivity index (χ4n) is 3.68. The zero-order chi connectivity index (χ0) is 16.2. The van der Waals surface area contributed by atoms with E-state index < -0.39 is 0 Å². The van der Waals surface area contributed by atoms with Crippen molar-refractivity contribution >= 4 is 35.6 Å². The van der Waals surface area contributed by atoms with Crippen LogP contribution < -0.4 is 16.0 Å². The molecule has 0 bridgehead atoms. The molecule has 1 heterocycles. The Morgan fingerprint density at radius 3 is 2.67 bits per heavy atom. The first-order valence-electron chi connectivity index (χ1n) is 8.62. The number of halogens is 1. The van der Waals surface area contributed by atoms with Gasteiger partial charge in [-0.05, 0) is 43.4 Å². The van der Waals surface area contributed by atoms with Gasteiger partial charge < -0.3 is 16.0 Å². The number of nitrogens with one attached hydrogen (secondary N) is 1.